The largest absolute Gasteiger partial charge is 0.352 e. The number of hydrogen-bond acceptors (Lipinski definition) is 5. The van der Waals surface area contributed by atoms with Crippen molar-refractivity contribution >= 4 is 11.6 Å². The van der Waals surface area contributed by atoms with Gasteiger partial charge in [-0.05, 0) is 18.9 Å². The minimum absolute atomic E-state index is 0.0867. The van der Waals surface area contributed by atoms with E-state index in [2.05, 4.69) is 25.7 Å². The summed E-state index contributed by atoms with van der Waals surface area (Å²) in [5.41, 5.74) is 0.915. The number of rotatable bonds is 4. The van der Waals surface area contributed by atoms with Gasteiger partial charge in [-0.3, -0.25) is 15.1 Å². The van der Waals surface area contributed by atoms with Crippen LogP contribution in [0.5, 0.6) is 0 Å². The second-order valence-electron chi connectivity index (χ2n) is 5.99. The van der Waals surface area contributed by atoms with Crippen LogP contribution in [0.4, 0.5) is 5.69 Å². The molecule has 0 radical (unpaired) electrons. The van der Waals surface area contributed by atoms with Crippen LogP contribution in [0.1, 0.15) is 23.6 Å². The molecule has 0 amide bonds. The van der Waals surface area contributed by atoms with Gasteiger partial charge in [0.15, 0.2) is 5.96 Å². The van der Waals surface area contributed by atoms with Crippen LogP contribution in [-0.4, -0.2) is 38.7 Å². The molecule has 2 N–H and O–H groups in total. The molecule has 9 heteroatoms. The van der Waals surface area contributed by atoms with E-state index in [0.717, 1.165) is 36.6 Å². The molecule has 1 atom stereocenters. The Morgan fingerprint density at radius 3 is 3.12 bits per heavy atom. The first-order valence-electron chi connectivity index (χ1n) is 8.16. The molecule has 2 heterocycles. The number of nitrogens with zero attached hydrogens (tertiary/aromatic N) is 5. The van der Waals surface area contributed by atoms with Gasteiger partial charge in [0.2, 0.25) is 0 Å². The quantitative estimate of drug-likeness (QED) is 0.373. The van der Waals surface area contributed by atoms with E-state index in [1.165, 1.54) is 6.07 Å². The Kier molecular flexibility index (Phi) is 4.92. The van der Waals surface area contributed by atoms with Gasteiger partial charge in [-0.1, -0.05) is 12.1 Å². The number of nitro benzene ring substituents is 1. The third kappa shape index (κ3) is 4.11. The summed E-state index contributed by atoms with van der Waals surface area (Å²) in [5.74, 6) is 2.48. The molecule has 0 fully saturated rings. The van der Waals surface area contributed by atoms with Gasteiger partial charge in [-0.25, -0.2) is 9.67 Å². The lowest BCUT2D eigenvalue weighted by molar-refractivity contribution is -0.384. The molecule has 132 valence electrons. The smallest absolute Gasteiger partial charge is 0.269 e. The highest BCUT2D eigenvalue weighted by atomic mass is 16.6. The number of non-ortho nitro benzene ring substituents is 1. The predicted molar refractivity (Wildman–Crippen MR) is 93.3 cm³/mol. The van der Waals surface area contributed by atoms with Crippen molar-refractivity contribution in [2.75, 3.05) is 7.05 Å². The minimum atomic E-state index is -0.393. The molecule has 1 unspecified atom stereocenters. The molecule has 1 aliphatic rings. The highest BCUT2D eigenvalue weighted by Gasteiger charge is 2.21. The van der Waals surface area contributed by atoms with E-state index in [-0.39, 0.29) is 11.7 Å². The second-order valence-corrected chi connectivity index (χ2v) is 5.99. The number of fused-ring (bicyclic) bond motifs is 1. The lowest BCUT2D eigenvalue weighted by Crippen LogP contribution is -2.46. The summed E-state index contributed by atoms with van der Waals surface area (Å²) in [6.45, 7) is 3.10. The fourth-order valence-corrected chi connectivity index (χ4v) is 2.91. The van der Waals surface area contributed by atoms with E-state index in [1.54, 1.807) is 19.2 Å². The van der Waals surface area contributed by atoms with Crippen LogP contribution in [0.3, 0.4) is 0 Å². The molecular formula is C16H21N7O2. The van der Waals surface area contributed by atoms with E-state index in [0.29, 0.717) is 12.5 Å². The number of hydrogen-bond donors (Lipinski definition) is 2. The molecular weight excluding hydrogens is 322 g/mol. The Labute approximate surface area is 145 Å². The number of aromatic nitrogens is 3. The number of aliphatic imine (C=N–C) groups is 1. The Balaban J connectivity index is 1.57. The summed E-state index contributed by atoms with van der Waals surface area (Å²) < 4.78 is 1.93. The van der Waals surface area contributed by atoms with Crippen molar-refractivity contribution in [2.24, 2.45) is 4.99 Å². The van der Waals surface area contributed by atoms with Crippen molar-refractivity contribution in [3.63, 3.8) is 0 Å². The topological polar surface area (TPSA) is 110 Å². The molecule has 9 nitrogen and oxygen atoms in total. The zero-order valence-electron chi connectivity index (χ0n) is 14.3. The van der Waals surface area contributed by atoms with E-state index in [4.69, 9.17) is 0 Å². The maximum Gasteiger partial charge on any atom is 0.269 e. The Morgan fingerprint density at radius 2 is 2.36 bits per heavy atom. The van der Waals surface area contributed by atoms with Crippen molar-refractivity contribution in [2.45, 2.75) is 38.9 Å². The number of guanidine groups is 1. The van der Waals surface area contributed by atoms with Gasteiger partial charge in [0.25, 0.3) is 5.69 Å². The maximum absolute atomic E-state index is 10.8. The molecule has 25 heavy (non-hydrogen) atoms. The van der Waals surface area contributed by atoms with Crippen LogP contribution < -0.4 is 10.6 Å². The maximum atomic E-state index is 10.8. The van der Waals surface area contributed by atoms with Gasteiger partial charge in [-0.2, -0.15) is 5.10 Å². The van der Waals surface area contributed by atoms with E-state index >= 15 is 0 Å². The average molecular weight is 343 g/mol. The minimum Gasteiger partial charge on any atom is -0.352 e. The van der Waals surface area contributed by atoms with E-state index in [1.807, 2.05) is 17.7 Å². The molecule has 3 rings (SSSR count). The molecule has 2 aromatic rings. The van der Waals surface area contributed by atoms with E-state index in [9.17, 15) is 10.1 Å². The summed E-state index contributed by atoms with van der Waals surface area (Å²) in [5, 5.41) is 21.8. The first-order valence-corrected chi connectivity index (χ1v) is 8.16. The third-order valence-electron chi connectivity index (χ3n) is 4.11. The van der Waals surface area contributed by atoms with Gasteiger partial charge in [0, 0.05) is 38.2 Å². The molecule has 0 spiro atoms. The lowest BCUT2D eigenvalue weighted by atomic mass is 10.1. The lowest BCUT2D eigenvalue weighted by Gasteiger charge is -2.25. The van der Waals surface area contributed by atoms with Gasteiger partial charge in [0.1, 0.15) is 11.6 Å². The van der Waals surface area contributed by atoms with Crippen molar-refractivity contribution in [1.82, 2.24) is 25.4 Å². The molecule has 1 aliphatic heterocycles. The van der Waals surface area contributed by atoms with Gasteiger partial charge < -0.3 is 10.6 Å². The fourth-order valence-electron chi connectivity index (χ4n) is 2.91. The van der Waals surface area contributed by atoms with Crippen LogP contribution in [0.2, 0.25) is 0 Å². The molecule has 0 saturated carbocycles. The molecule has 1 aromatic carbocycles. The summed E-state index contributed by atoms with van der Waals surface area (Å²) >= 11 is 0. The van der Waals surface area contributed by atoms with Crippen LogP contribution in [0.25, 0.3) is 0 Å². The highest BCUT2D eigenvalue weighted by molar-refractivity contribution is 5.80. The Morgan fingerprint density at radius 1 is 1.52 bits per heavy atom. The number of aryl methyl sites for hydroxylation is 2. The van der Waals surface area contributed by atoms with Crippen molar-refractivity contribution < 1.29 is 4.92 Å². The van der Waals surface area contributed by atoms with Crippen molar-refractivity contribution in [3.05, 3.63) is 51.6 Å². The van der Waals surface area contributed by atoms with Gasteiger partial charge in [-0.15, -0.1) is 0 Å². The predicted octanol–water partition coefficient (Wildman–Crippen LogP) is 1.17. The number of benzene rings is 1. The molecule has 0 saturated heterocycles. The highest BCUT2D eigenvalue weighted by Crippen LogP contribution is 2.14. The monoisotopic (exact) mass is 343 g/mol. The number of nitro groups is 1. The normalized spacial score (nSPS) is 17.0. The van der Waals surface area contributed by atoms with Gasteiger partial charge in [0.05, 0.1) is 11.5 Å². The summed E-state index contributed by atoms with van der Waals surface area (Å²) in [6.07, 6.45) is 1.83. The van der Waals surface area contributed by atoms with Crippen LogP contribution >= 0.6 is 0 Å². The standard InChI is InChI=1S/C16H21N7O2/c1-11-19-15-7-6-13(10-22(15)21-11)20-16(17-2)18-9-12-4-3-5-14(8-12)23(24)25/h3-5,8,13H,6-7,9-10H2,1-2H3,(H2,17,18,20). The van der Waals surface area contributed by atoms with Crippen LogP contribution in [-0.2, 0) is 19.5 Å². The van der Waals surface area contributed by atoms with Gasteiger partial charge >= 0.3 is 0 Å². The van der Waals surface area contributed by atoms with Crippen molar-refractivity contribution in [3.8, 4) is 0 Å². The molecule has 0 bridgehead atoms. The zero-order valence-corrected chi connectivity index (χ0v) is 14.3. The van der Waals surface area contributed by atoms with E-state index < -0.39 is 4.92 Å². The fraction of sp³-hybridized carbons (Fsp3) is 0.438. The van der Waals surface area contributed by atoms with Crippen LogP contribution in [0, 0.1) is 17.0 Å². The summed E-state index contributed by atoms with van der Waals surface area (Å²) in [4.78, 5) is 19.1. The summed E-state index contributed by atoms with van der Waals surface area (Å²) in [6, 6.07) is 6.78. The first-order chi connectivity index (χ1) is 12.0. The number of nitrogens with one attached hydrogen (secondary N) is 2. The Hall–Kier alpha value is -2.97. The second kappa shape index (κ2) is 7.29. The van der Waals surface area contributed by atoms with Crippen molar-refractivity contribution in [1.29, 1.82) is 0 Å². The molecule has 0 aliphatic carbocycles. The Bertz CT molecular complexity index is 800. The average Bonchev–Trinajstić information content (AvgIpc) is 2.98. The SMILES string of the molecule is CN=C(NCc1cccc([N+](=O)[O-])c1)NC1CCc2nc(C)nn2C1. The zero-order chi connectivity index (χ0) is 17.8. The molecule has 1 aromatic heterocycles. The van der Waals surface area contributed by atoms with Crippen LogP contribution in [0.15, 0.2) is 29.3 Å². The third-order valence-corrected chi connectivity index (χ3v) is 4.11. The first kappa shape index (κ1) is 16.9. The summed E-state index contributed by atoms with van der Waals surface area (Å²) in [7, 11) is 1.71.